The van der Waals surface area contributed by atoms with Crippen molar-refractivity contribution >= 4 is 16.2 Å². The normalized spacial score (nSPS) is 17.7. The highest BCUT2D eigenvalue weighted by molar-refractivity contribution is 7.87. The van der Waals surface area contributed by atoms with E-state index in [9.17, 15) is 26.4 Å². The maximum Gasteiger partial charge on any atom is 0.402 e. The van der Waals surface area contributed by atoms with Crippen molar-refractivity contribution in [3.63, 3.8) is 0 Å². The van der Waals surface area contributed by atoms with Crippen LogP contribution >= 0.6 is 0 Å². The van der Waals surface area contributed by atoms with Crippen LogP contribution in [-0.4, -0.2) is 64.6 Å². The summed E-state index contributed by atoms with van der Waals surface area (Å²) in [6.45, 7) is -1.88. The van der Waals surface area contributed by atoms with Crippen molar-refractivity contribution in [1.82, 2.24) is 24.0 Å². The van der Waals surface area contributed by atoms with Gasteiger partial charge in [0.25, 0.3) is 10.2 Å². The molecule has 0 aromatic carbocycles. The van der Waals surface area contributed by atoms with Crippen molar-refractivity contribution in [2.75, 3.05) is 19.6 Å². The zero-order valence-corrected chi connectivity index (χ0v) is 11.1. The maximum absolute atomic E-state index is 12.0. The van der Waals surface area contributed by atoms with Crippen LogP contribution in [0.25, 0.3) is 0 Å². The molecule has 13 heteroatoms. The molecule has 1 saturated heterocycles. The Kier molecular flexibility index (Phi) is 3.90. The molecule has 0 radical (unpaired) electrons. The number of hydrogen-bond acceptors (Lipinski definition) is 5. The fourth-order valence-electron chi connectivity index (χ4n) is 1.60. The molecule has 1 aliphatic rings. The summed E-state index contributed by atoms with van der Waals surface area (Å²) in [5.41, 5.74) is -0.300. The van der Waals surface area contributed by atoms with Crippen molar-refractivity contribution in [2.24, 2.45) is 0 Å². The number of carboxylic acid groups (broad SMARTS) is 1. The lowest BCUT2D eigenvalue weighted by Crippen LogP contribution is -2.55. The van der Waals surface area contributed by atoms with Crippen LogP contribution in [0, 0.1) is 0 Å². The van der Waals surface area contributed by atoms with Crippen LogP contribution < -0.4 is 4.72 Å². The molecule has 21 heavy (non-hydrogen) atoms. The number of aromatic carboxylic acids is 1. The minimum atomic E-state index is -4.64. The van der Waals surface area contributed by atoms with Gasteiger partial charge >= 0.3 is 12.1 Å². The topological polar surface area (TPSA) is 117 Å². The SMILES string of the molecule is O=C(O)c1cn(C2CN(S(=O)(=O)NCC(F)(F)F)C2)nn1. The smallest absolute Gasteiger partial charge is 0.402 e. The van der Waals surface area contributed by atoms with Gasteiger partial charge in [0.1, 0.15) is 6.54 Å². The third kappa shape index (κ3) is 3.68. The number of aromatic nitrogens is 3. The second kappa shape index (κ2) is 5.23. The summed E-state index contributed by atoms with van der Waals surface area (Å²) in [7, 11) is -4.22. The number of nitrogens with zero attached hydrogens (tertiary/aromatic N) is 4. The van der Waals surface area contributed by atoms with Crippen molar-refractivity contribution in [3.8, 4) is 0 Å². The Balaban J connectivity index is 1.92. The third-order valence-electron chi connectivity index (χ3n) is 2.73. The molecule has 1 aromatic heterocycles. The monoisotopic (exact) mass is 329 g/mol. The fraction of sp³-hybridized carbons (Fsp3) is 0.625. The van der Waals surface area contributed by atoms with Gasteiger partial charge in [0.15, 0.2) is 5.69 Å². The molecule has 1 aromatic rings. The number of nitrogens with one attached hydrogen (secondary N) is 1. The van der Waals surface area contributed by atoms with Crippen molar-refractivity contribution in [1.29, 1.82) is 0 Å². The van der Waals surface area contributed by atoms with E-state index in [2.05, 4.69) is 10.3 Å². The first-order valence-corrected chi connectivity index (χ1v) is 6.99. The predicted octanol–water partition coefficient (Wildman–Crippen LogP) is -0.770. The van der Waals surface area contributed by atoms with Crippen LogP contribution in [0.3, 0.4) is 0 Å². The van der Waals surface area contributed by atoms with Gasteiger partial charge in [-0.15, -0.1) is 5.10 Å². The molecule has 9 nitrogen and oxygen atoms in total. The van der Waals surface area contributed by atoms with E-state index < -0.39 is 34.9 Å². The van der Waals surface area contributed by atoms with Gasteiger partial charge in [0.05, 0.1) is 12.2 Å². The van der Waals surface area contributed by atoms with Crippen LogP contribution in [0.2, 0.25) is 0 Å². The van der Waals surface area contributed by atoms with Crippen molar-refractivity contribution in [2.45, 2.75) is 12.2 Å². The number of rotatable bonds is 5. The molecule has 2 rings (SSSR count). The number of hydrogen-bond donors (Lipinski definition) is 2. The van der Waals surface area contributed by atoms with E-state index in [1.807, 2.05) is 0 Å². The molecule has 2 N–H and O–H groups in total. The summed E-state index contributed by atoms with van der Waals surface area (Å²) in [4.78, 5) is 10.6. The van der Waals surface area contributed by atoms with E-state index in [1.165, 1.54) is 9.40 Å². The molecule has 1 aliphatic heterocycles. The molecule has 0 amide bonds. The van der Waals surface area contributed by atoms with E-state index in [0.717, 1.165) is 10.5 Å². The minimum absolute atomic E-state index is 0.115. The van der Waals surface area contributed by atoms with Gasteiger partial charge in [-0.3, -0.25) is 0 Å². The number of carbonyl (C=O) groups is 1. The second-order valence-corrected chi connectivity index (χ2v) is 6.06. The van der Waals surface area contributed by atoms with E-state index in [4.69, 9.17) is 5.11 Å². The van der Waals surface area contributed by atoms with Gasteiger partial charge in [0, 0.05) is 13.1 Å². The molecule has 0 bridgehead atoms. The van der Waals surface area contributed by atoms with Gasteiger partial charge in [-0.05, 0) is 0 Å². The van der Waals surface area contributed by atoms with Crippen LogP contribution in [-0.2, 0) is 10.2 Å². The summed E-state index contributed by atoms with van der Waals surface area (Å²) in [5.74, 6) is -1.28. The molecule has 0 atom stereocenters. The summed E-state index contributed by atoms with van der Waals surface area (Å²) < 4.78 is 62.3. The Bertz CT molecular complexity index is 637. The molecule has 2 heterocycles. The van der Waals surface area contributed by atoms with Gasteiger partial charge in [-0.2, -0.15) is 30.6 Å². The summed E-state index contributed by atoms with van der Waals surface area (Å²) in [5, 5.41) is 15.5. The van der Waals surface area contributed by atoms with Crippen LogP contribution in [0.1, 0.15) is 16.5 Å². The first-order chi connectivity index (χ1) is 9.58. The first kappa shape index (κ1) is 15.7. The van der Waals surface area contributed by atoms with Crippen molar-refractivity contribution < 1.29 is 31.5 Å². The minimum Gasteiger partial charge on any atom is -0.476 e. The lowest BCUT2D eigenvalue weighted by Gasteiger charge is -2.37. The average molecular weight is 329 g/mol. The van der Waals surface area contributed by atoms with Crippen molar-refractivity contribution in [3.05, 3.63) is 11.9 Å². The Morgan fingerprint density at radius 1 is 1.48 bits per heavy atom. The quantitative estimate of drug-likeness (QED) is 0.732. The van der Waals surface area contributed by atoms with E-state index in [-0.39, 0.29) is 18.8 Å². The maximum atomic E-state index is 12.0. The standard InChI is InChI=1S/C8H10F3N5O4S/c9-8(10,11)4-12-21(19,20)15-1-5(2-15)16-3-6(7(17)18)13-14-16/h3,5,12H,1-2,4H2,(H,17,18). The number of halogens is 3. The summed E-state index contributed by atoms with van der Waals surface area (Å²) in [6.07, 6.45) is -3.51. The Morgan fingerprint density at radius 3 is 2.57 bits per heavy atom. The second-order valence-electron chi connectivity index (χ2n) is 4.30. The van der Waals surface area contributed by atoms with E-state index >= 15 is 0 Å². The Labute approximate surface area is 116 Å². The fourth-order valence-corrected chi connectivity index (χ4v) is 2.86. The van der Waals surface area contributed by atoms with Crippen LogP contribution in [0.4, 0.5) is 13.2 Å². The van der Waals surface area contributed by atoms with E-state index in [0.29, 0.717) is 0 Å². The van der Waals surface area contributed by atoms with E-state index in [1.54, 1.807) is 0 Å². The Hall–Kier alpha value is -1.73. The predicted molar refractivity (Wildman–Crippen MR) is 60.6 cm³/mol. The summed E-state index contributed by atoms with van der Waals surface area (Å²) >= 11 is 0. The van der Waals surface area contributed by atoms with Gasteiger partial charge in [-0.25, -0.2) is 9.48 Å². The highest BCUT2D eigenvalue weighted by Crippen LogP contribution is 2.23. The molecule has 1 fully saturated rings. The molecule has 118 valence electrons. The zero-order valence-electron chi connectivity index (χ0n) is 10.3. The molecule has 0 spiro atoms. The molecular formula is C8H10F3N5O4S. The van der Waals surface area contributed by atoms with Gasteiger partial charge < -0.3 is 5.11 Å². The number of alkyl halides is 3. The highest BCUT2D eigenvalue weighted by atomic mass is 32.2. The lowest BCUT2D eigenvalue weighted by molar-refractivity contribution is -0.121. The molecule has 0 aliphatic carbocycles. The lowest BCUT2D eigenvalue weighted by atomic mass is 10.2. The first-order valence-electron chi connectivity index (χ1n) is 5.55. The highest BCUT2D eigenvalue weighted by Gasteiger charge is 2.39. The zero-order chi connectivity index (χ0) is 15.8. The van der Waals surface area contributed by atoms with Crippen LogP contribution in [0.5, 0.6) is 0 Å². The molecule has 0 saturated carbocycles. The third-order valence-corrected chi connectivity index (χ3v) is 4.21. The molecular weight excluding hydrogens is 319 g/mol. The number of carboxylic acids is 1. The molecule has 0 unspecified atom stereocenters. The Morgan fingerprint density at radius 2 is 2.10 bits per heavy atom. The van der Waals surface area contributed by atoms with Gasteiger partial charge in [-0.1, -0.05) is 5.21 Å². The van der Waals surface area contributed by atoms with Gasteiger partial charge in [0.2, 0.25) is 0 Å². The van der Waals surface area contributed by atoms with Crippen LogP contribution in [0.15, 0.2) is 6.20 Å². The summed E-state index contributed by atoms with van der Waals surface area (Å²) in [6, 6.07) is -0.465. The largest absolute Gasteiger partial charge is 0.476 e. The average Bonchev–Trinajstić information content (AvgIpc) is 2.72.